The number of imidazole rings is 1. The molecule has 0 saturated heterocycles. The van der Waals surface area contributed by atoms with E-state index in [1.807, 2.05) is 48.5 Å². The summed E-state index contributed by atoms with van der Waals surface area (Å²) >= 11 is 12.5. The van der Waals surface area contributed by atoms with E-state index in [-0.39, 0.29) is 0 Å². The van der Waals surface area contributed by atoms with Gasteiger partial charge in [-0.25, -0.2) is 4.98 Å². The van der Waals surface area contributed by atoms with Gasteiger partial charge in [-0.05, 0) is 48.9 Å². The summed E-state index contributed by atoms with van der Waals surface area (Å²) in [5, 5.41) is 4.78. The molecule has 2 heterocycles. The van der Waals surface area contributed by atoms with Crippen LogP contribution < -0.4 is 5.32 Å². The third kappa shape index (κ3) is 2.11. The summed E-state index contributed by atoms with van der Waals surface area (Å²) in [6, 6.07) is 22.2. The van der Waals surface area contributed by atoms with Gasteiger partial charge >= 0.3 is 0 Å². The van der Waals surface area contributed by atoms with E-state index in [1.165, 1.54) is 0 Å². The van der Waals surface area contributed by atoms with Gasteiger partial charge in [0.05, 0.1) is 21.1 Å². The van der Waals surface area contributed by atoms with Crippen LogP contribution in [-0.2, 0) is 5.66 Å². The molecule has 1 aliphatic heterocycles. The van der Waals surface area contributed by atoms with Gasteiger partial charge in [-0.3, -0.25) is 4.57 Å². The van der Waals surface area contributed by atoms with Crippen molar-refractivity contribution >= 4 is 39.9 Å². The van der Waals surface area contributed by atoms with Gasteiger partial charge in [0.25, 0.3) is 0 Å². The number of anilines is 1. The minimum atomic E-state index is -0.548. The number of hydrogen-bond donors (Lipinski definition) is 1. The summed E-state index contributed by atoms with van der Waals surface area (Å²) in [7, 11) is 0. The van der Waals surface area contributed by atoms with Crippen molar-refractivity contribution < 1.29 is 0 Å². The molecule has 26 heavy (non-hydrogen) atoms. The van der Waals surface area contributed by atoms with E-state index in [2.05, 4.69) is 35.0 Å². The highest BCUT2D eigenvalue weighted by atomic mass is 35.5. The molecule has 128 valence electrons. The summed E-state index contributed by atoms with van der Waals surface area (Å²) in [4.78, 5) is 4.92. The molecule has 1 aliphatic rings. The fraction of sp³-hybridized carbons (Fsp3) is 0.0952. The van der Waals surface area contributed by atoms with Gasteiger partial charge in [0.1, 0.15) is 11.5 Å². The Labute approximate surface area is 161 Å². The van der Waals surface area contributed by atoms with Crippen LogP contribution in [-0.4, -0.2) is 9.55 Å². The minimum absolute atomic E-state index is 0.539. The molecule has 0 bridgehead atoms. The molecule has 0 radical (unpaired) electrons. The lowest BCUT2D eigenvalue weighted by Crippen LogP contribution is -2.42. The van der Waals surface area contributed by atoms with Crippen molar-refractivity contribution in [3.8, 4) is 11.4 Å². The van der Waals surface area contributed by atoms with Crippen molar-refractivity contribution in [3.05, 3.63) is 82.3 Å². The van der Waals surface area contributed by atoms with Gasteiger partial charge in [0.2, 0.25) is 0 Å². The van der Waals surface area contributed by atoms with Gasteiger partial charge in [-0.2, -0.15) is 0 Å². The van der Waals surface area contributed by atoms with Crippen LogP contribution in [0.3, 0.4) is 0 Å². The first-order valence-electron chi connectivity index (χ1n) is 8.39. The number of aromatic nitrogens is 2. The molecule has 3 nitrogen and oxygen atoms in total. The van der Waals surface area contributed by atoms with Gasteiger partial charge in [-0.1, -0.05) is 53.5 Å². The van der Waals surface area contributed by atoms with Crippen LogP contribution in [0.1, 0.15) is 12.5 Å². The quantitative estimate of drug-likeness (QED) is 0.429. The number of halogens is 2. The van der Waals surface area contributed by atoms with Crippen molar-refractivity contribution in [2.75, 3.05) is 5.32 Å². The fourth-order valence-electron chi connectivity index (χ4n) is 3.76. The van der Waals surface area contributed by atoms with Crippen molar-refractivity contribution in [2.24, 2.45) is 0 Å². The molecule has 1 N–H and O–H groups in total. The predicted octanol–water partition coefficient (Wildman–Crippen LogP) is 6.16. The number of hydrogen-bond acceptors (Lipinski definition) is 2. The summed E-state index contributed by atoms with van der Waals surface area (Å²) in [6.45, 7) is 2.14. The number of para-hydroxylation sites is 3. The normalized spacial score (nSPS) is 18.3. The molecule has 0 aliphatic carbocycles. The highest BCUT2D eigenvalue weighted by Gasteiger charge is 2.38. The van der Waals surface area contributed by atoms with Gasteiger partial charge in [-0.15, -0.1) is 0 Å². The zero-order valence-electron chi connectivity index (χ0n) is 14.0. The molecule has 5 rings (SSSR count). The minimum Gasteiger partial charge on any atom is -0.358 e. The molecule has 0 saturated carbocycles. The van der Waals surface area contributed by atoms with Crippen LogP contribution in [0.25, 0.3) is 22.4 Å². The second-order valence-corrected chi connectivity index (χ2v) is 7.45. The third-order valence-electron chi connectivity index (χ3n) is 5.04. The molecule has 1 aromatic heterocycles. The maximum absolute atomic E-state index is 6.33. The van der Waals surface area contributed by atoms with Crippen LogP contribution in [0.4, 0.5) is 5.69 Å². The molecule has 0 spiro atoms. The average Bonchev–Trinajstić information content (AvgIpc) is 3.05. The molecule has 1 atom stereocenters. The number of benzene rings is 3. The number of nitrogens with zero attached hydrogens (tertiary/aromatic N) is 2. The molecular formula is C21H15Cl2N3. The molecule has 4 aromatic rings. The van der Waals surface area contributed by atoms with E-state index < -0.39 is 5.66 Å². The second kappa shape index (κ2) is 5.50. The number of rotatable bonds is 1. The maximum atomic E-state index is 6.33. The zero-order chi connectivity index (χ0) is 17.9. The van der Waals surface area contributed by atoms with Crippen molar-refractivity contribution in [2.45, 2.75) is 12.6 Å². The molecule has 0 fully saturated rings. The first kappa shape index (κ1) is 15.7. The molecule has 5 heteroatoms. The summed E-state index contributed by atoms with van der Waals surface area (Å²) < 4.78 is 2.24. The molecule has 0 amide bonds. The van der Waals surface area contributed by atoms with E-state index in [4.69, 9.17) is 28.2 Å². The highest BCUT2D eigenvalue weighted by molar-refractivity contribution is 6.42. The standard InChI is InChI=1S/C21H15Cl2N3/c1-21(13-10-11-15(22)16(23)12-13)25-17-7-3-2-6-14(17)20-24-18-8-4-5-9-19(18)26(20)21/h2-12,25H,1H3/t21-/m1/s1. The largest absolute Gasteiger partial charge is 0.358 e. The van der Waals surface area contributed by atoms with Crippen LogP contribution in [0.2, 0.25) is 10.0 Å². The van der Waals surface area contributed by atoms with Gasteiger partial charge in [0.15, 0.2) is 0 Å². The Hall–Kier alpha value is -2.49. The molecular weight excluding hydrogens is 365 g/mol. The number of fused-ring (bicyclic) bond motifs is 5. The SMILES string of the molecule is C[C@@]1(c2ccc(Cl)c(Cl)c2)Nc2ccccc2-c2nc3ccccc3n21. The monoisotopic (exact) mass is 379 g/mol. The lowest BCUT2D eigenvalue weighted by Gasteiger charge is -2.40. The number of nitrogens with one attached hydrogen (secondary N) is 1. The van der Waals surface area contributed by atoms with Crippen molar-refractivity contribution in [1.82, 2.24) is 9.55 Å². The Bertz CT molecular complexity index is 1170. The van der Waals surface area contributed by atoms with Crippen LogP contribution >= 0.6 is 23.2 Å². The Morgan fingerprint density at radius 3 is 2.54 bits per heavy atom. The van der Waals surface area contributed by atoms with Crippen molar-refractivity contribution in [3.63, 3.8) is 0 Å². The van der Waals surface area contributed by atoms with Crippen molar-refractivity contribution in [1.29, 1.82) is 0 Å². The van der Waals surface area contributed by atoms with E-state index in [0.29, 0.717) is 10.0 Å². The van der Waals surface area contributed by atoms with Gasteiger partial charge in [0, 0.05) is 11.3 Å². The zero-order valence-corrected chi connectivity index (χ0v) is 15.5. The first-order chi connectivity index (χ1) is 12.6. The van der Waals surface area contributed by atoms with Crippen LogP contribution in [0, 0.1) is 0 Å². The first-order valence-corrected chi connectivity index (χ1v) is 9.14. The molecule has 0 unspecified atom stereocenters. The average molecular weight is 380 g/mol. The summed E-state index contributed by atoms with van der Waals surface area (Å²) in [6.07, 6.45) is 0. The van der Waals surface area contributed by atoms with E-state index in [9.17, 15) is 0 Å². The highest BCUT2D eigenvalue weighted by Crippen LogP contribution is 2.44. The topological polar surface area (TPSA) is 29.9 Å². The van der Waals surface area contributed by atoms with Gasteiger partial charge < -0.3 is 5.32 Å². The molecule has 3 aromatic carbocycles. The van der Waals surface area contributed by atoms with E-state index in [1.54, 1.807) is 0 Å². The lowest BCUT2D eigenvalue weighted by atomic mass is 9.96. The Balaban J connectivity index is 1.87. The van der Waals surface area contributed by atoms with E-state index >= 15 is 0 Å². The predicted molar refractivity (Wildman–Crippen MR) is 108 cm³/mol. The lowest BCUT2D eigenvalue weighted by molar-refractivity contribution is 0.463. The fourth-order valence-corrected chi connectivity index (χ4v) is 4.06. The smallest absolute Gasteiger partial charge is 0.145 e. The summed E-state index contributed by atoms with van der Waals surface area (Å²) in [5.74, 6) is 0.939. The third-order valence-corrected chi connectivity index (χ3v) is 5.77. The Kier molecular flexibility index (Phi) is 3.33. The van der Waals surface area contributed by atoms with Crippen LogP contribution in [0.15, 0.2) is 66.7 Å². The van der Waals surface area contributed by atoms with Crippen LogP contribution in [0.5, 0.6) is 0 Å². The maximum Gasteiger partial charge on any atom is 0.145 e. The Morgan fingerprint density at radius 1 is 0.923 bits per heavy atom. The second-order valence-electron chi connectivity index (χ2n) is 6.63. The summed E-state index contributed by atoms with van der Waals surface area (Å²) in [5.41, 5.74) is 4.63. The van der Waals surface area contributed by atoms with E-state index in [0.717, 1.165) is 33.7 Å². The Morgan fingerprint density at radius 2 is 1.69 bits per heavy atom.